The third kappa shape index (κ3) is 4.84. The number of halogens is 1. The molecule has 2 aromatic carbocycles. The van der Waals surface area contributed by atoms with E-state index in [2.05, 4.69) is 34.9 Å². The maximum atomic E-state index is 13.5. The lowest BCUT2D eigenvalue weighted by Crippen LogP contribution is -2.34. The summed E-state index contributed by atoms with van der Waals surface area (Å²) in [4.78, 5) is 7.44. The van der Waals surface area contributed by atoms with E-state index in [0.717, 1.165) is 66.4 Å². The summed E-state index contributed by atoms with van der Waals surface area (Å²) in [7, 11) is 0. The number of hydrogen-bond donors (Lipinski definition) is 2. The molecule has 2 aromatic heterocycles. The minimum atomic E-state index is 0.168. The van der Waals surface area contributed by atoms with Gasteiger partial charge in [-0.2, -0.15) is 13.5 Å². The number of aromatic nitrogens is 3. The number of nitrogens with one attached hydrogen (secondary N) is 1. The Bertz CT molecular complexity index is 1350. The van der Waals surface area contributed by atoms with Gasteiger partial charge in [0.25, 0.3) is 0 Å². The van der Waals surface area contributed by atoms with E-state index in [1.807, 2.05) is 36.4 Å². The van der Waals surface area contributed by atoms with Crippen LogP contribution in [0.25, 0.3) is 22.6 Å². The summed E-state index contributed by atoms with van der Waals surface area (Å²) in [5, 5.41) is 17.5. The highest BCUT2D eigenvalue weighted by Gasteiger charge is 2.22. The van der Waals surface area contributed by atoms with Gasteiger partial charge >= 0.3 is 0 Å². The Balaban J connectivity index is 1.30. The molecular formula is C27H28FN5OS. The summed E-state index contributed by atoms with van der Waals surface area (Å²) in [5.74, 6) is 1.57. The van der Waals surface area contributed by atoms with E-state index >= 15 is 0 Å². The van der Waals surface area contributed by atoms with Crippen LogP contribution in [0.4, 0.5) is 9.70 Å². The number of fused-ring (bicyclic) bond motifs is 1. The van der Waals surface area contributed by atoms with Gasteiger partial charge in [0.2, 0.25) is 0 Å². The van der Waals surface area contributed by atoms with E-state index in [1.54, 1.807) is 16.6 Å². The Morgan fingerprint density at radius 2 is 1.91 bits per heavy atom. The summed E-state index contributed by atoms with van der Waals surface area (Å²) in [6, 6.07) is 17.3. The highest BCUT2D eigenvalue weighted by Crippen LogP contribution is 2.31. The molecular weight excluding hydrogens is 461 g/mol. The lowest BCUT2D eigenvalue weighted by atomic mass is 9.95. The van der Waals surface area contributed by atoms with Crippen molar-refractivity contribution in [2.45, 2.75) is 24.7 Å². The number of likely N-dealkylation sites (tertiary alicyclic amines) is 1. The van der Waals surface area contributed by atoms with Crippen LogP contribution >= 0.6 is 12.1 Å². The van der Waals surface area contributed by atoms with Crippen molar-refractivity contribution in [3.63, 3.8) is 0 Å². The number of anilines is 1. The molecule has 0 amide bonds. The van der Waals surface area contributed by atoms with Crippen LogP contribution in [-0.4, -0.2) is 44.2 Å². The lowest BCUT2D eigenvalue weighted by molar-refractivity contribution is 0.263. The van der Waals surface area contributed by atoms with Crippen LogP contribution in [0.15, 0.2) is 72.3 Å². The zero-order valence-corrected chi connectivity index (χ0v) is 20.4. The van der Waals surface area contributed by atoms with Crippen LogP contribution in [0, 0.1) is 12.8 Å². The molecule has 2 N–H and O–H groups in total. The standard InChI is InChI=1S/C27H28FN5OS/c1-18-5-3-4-6-23(18)24-15-26(33-27(31-24)25(35-28)17-30-33)29-16-20-11-13-32(14-12-20)19(2)21-7-9-22(34)10-8-21/h3-10,15,17,20,29,34H,2,11-14,16H2,1H3. The molecule has 0 spiro atoms. The number of phenols is 1. The Morgan fingerprint density at radius 1 is 1.17 bits per heavy atom. The molecule has 4 aromatic rings. The van der Waals surface area contributed by atoms with Crippen molar-refractivity contribution in [3.8, 4) is 17.0 Å². The number of phenolic OH excluding ortho intramolecular Hbond substituents is 1. The molecule has 6 nitrogen and oxygen atoms in total. The molecule has 35 heavy (non-hydrogen) atoms. The van der Waals surface area contributed by atoms with Gasteiger partial charge in [0.1, 0.15) is 16.5 Å². The van der Waals surface area contributed by atoms with Gasteiger partial charge in [-0.15, -0.1) is 0 Å². The average molecular weight is 490 g/mol. The third-order valence-electron chi connectivity index (χ3n) is 6.71. The van der Waals surface area contributed by atoms with Crippen LogP contribution in [0.5, 0.6) is 5.75 Å². The molecule has 180 valence electrons. The van der Waals surface area contributed by atoms with Gasteiger partial charge in [0, 0.05) is 37.0 Å². The fourth-order valence-corrected chi connectivity index (χ4v) is 4.90. The van der Waals surface area contributed by atoms with Gasteiger partial charge in [-0.3, -0.25) is 0 Å². The monoisotopic (exact) mass is 489 g/mol. The second-order valence-electron chi connectivity index (χ2n) is 8.97. The van der Waals surface area contributed by atoms with E-state index in [0.29, 0.717) is 16.5 Å². The molecule has 3 heterocycles. The predicted molar refractivity (Wildman–Crippen MR) is 140 cm³/mol. The van der Waals surface area contributed by atoms with Crippen molar-refractivity contribution in [1.29, 1.82) is 0 Å². The number of piperidine rings is 1. The van der Waals surface area contributed by atoms with E-state index in [9.17, 15) is 8.99 Å². The first kappa shape index (κ1) is 23.2. The molecule has 0 aliphatic carbocycles. The first-order chi connectivity index (χ1) is 17.0. The molecule has 0 bridgehead atoms. The molecule has 0 radical (unpaired) electrons. The molecule has 1 saturated heterocycles. The highest BCUT2D eigenvalue weighted by molar-refractivity contribution is 7.94. The number of nitrogens with zero attached hydrogens (tertiary/aromatic N) is 4. The predicted octanol–water partition coefficient (Wildman–Crippen LogP) is 6.18. The van der Waals surface area contributed by atoms with Crippen LogP contribution in [0.3, 0.4) is 0 Å². The summed E-state index contributed by atoms with van der Waals surface area (Å²) < 4.78 is 15.2. The van der Waals surface area contributed by atoms with Crippen molar-refractivity contribution in [2.24, 2.45) is 5.92 Å². The van der Waals surface area contributed by atoms with Gasteiger partial charge in [-0.1, -0.05) is 30.8 Å². The van der Waals surface area contributed by atoms with E-state index in [4.69, 9.17) is 4.98 Å². The zero-order valence-electron chi connectivity index (χ0n) is 19.6. The molecule has 5 rings (SSSR count). The highest BCUT2D eigenvalue weighted by atomic mass is 32.2. The zero-order chi connectivity index (χ0) is 24.4. The van der Waals surface area contributed by atoms with Crippen molar-refractivity contribution in [3.05, 3.63) is 78.5 Å². The normalized spacial score (nSPS) is 14.4. The second kappa shape index (κ2) is 10.00. The number of aryl methyl sites for hydroxylation is 1. The smallest absolute Gasteiger partial charge is 0.174 e. The third-order valence-corrected chi connectivity index (χ3v) is 7.17. The van der Waals surface area contributed by atoms with Crippen LogP contribution in [0.2, 0.25) is 0 Å². The van der Waals surface area contributed by atoms with Gasteiger partial charge in [-0.05, 0) is 61.1 Å². The maximum Gasteiger partial charge on any atom is 0.174 e. The SMILES string of the molecule is C=C(c1ccc(O)cc1)N1CCC(CNc2cc(-c3ccccc3C)nc3c(SF)cnn23)CC1. The Morgan fingerprint density at radius 3 is 2.63 bits per heavy atom. The van der Waals surface area contributed by atoms with Crippen LogP contribution < -0.4 is 5.32 Å². The Labute approximate surface area is 208 Å². The van der Waals surface area contributed by atoms with Gasteiger partial charge in [0.05, 0.1) is 24.0 Å². The van der Waals surface area contributed by atoms with Gasteiger partial charge in [-0.25, -0.2) is 4.98 Å². The molecule has 1 fully saturated rings. The summed E-state index contributed by atoms with van der Waals surface area (Å²) >= 11 is 0.168. The quantitative estimate of drug-likeness (QED) is 0.323. The first-order valence-electron chi connectivity index (χ1n) is 11.7. The summed E-state index contributed by atoms with van der Waals surface area (Å²) in [6.07, 6.45) is 3.59. The Kier molecular flexibility index (Phi) is 6.63. The summed E-state index contributed by atoms with van der Waals surface area (Å²) in [5.41, 5.74) is 5.47. The molecule has 0 atom stereocenters. The van der Waals surface area contributed by atoms with Crippen molar-refractivity contribution >= 4 is 29.3 Å². The first-order valence-corrected chi connectivity index (χ1v) is 12.5. The number of hydrogen-bond acceptors (Lipinski definition) is 6. The second-order valence-corrected chi connectivity index (χ2v) is 9.56. The van der Waals surface area contributed by atoms with Crippen molar-refractivity contribution in [1.82, 2.24) is 19.5 Å². The number of benzene rings is 2. The van der Waals surface area contributed by atoms with E-state index in [1.165, 1.54) is 6.20 Å². The number of rotatable bonds is 7. The fraction of sp³-hybridized carbons (Fsp3) is 0.259. The maximum absolute atomic E-state index is 13.5. The topological polar surface area (TPSA) is 65.7 Å². The van der Waals surface area contributed by atoms with Crippen LogP contribution in [0.1, 0.15) is 24.0 Å². The Hall–Kier alpha value is -3.52. The van der Waals surface area contributed by atoms with Crippen molar-refractivity contribution in [2.75, 3.05) is 25.0 Å². The molecule has 0 unspecified atom stereocenters. The van der Waals surface area contributed by atoms with Crippen LogP contribution in [-0.2, 0) is 0 Å². The van der Waals surface area contributed by atoms with E-state index in [-0.39, 0.29) is 17.9 Å². The van der Waals surface area contributed by atoms with E-state index < -0.39 is 0 Å². The molecule has 8 heteroatoms. The van der Waals surface area contributed by atoms with Gasteiger partial charge < -0.3 is 15.3 Å². The van der Waals surface area contributed by atoms with Gasteiger partial charge in [0.15, 0.2) is 5.65 Å². The molecule has 1 aliphatic rings. The van der Waals surface area contributed by atoms with Crippen molar-refractivity contribution < 1.29 is 8.99 Å². The minimum absolute atomic E-state index is 0.168. The largest absolute Gasteiger partial charge is 0.508 e. The minimum Gasteiger partial charge on any atom is -0.508 e. The summed E-state index contributed by atoms with van der Waals surface area (Å²) in [6.45, 7) is 8.97. The lowest BCUT2D eigenvalue weighted by Gasteiger charge is -2.35. The molecule has 0 saturated carbocycles. The molecule has 1 aliphatic heterocycles. The fourth-order valence-electron chi connectivity index (χ4n) is 4.61. The number of aromatic hydroxyl groups is 1. The average Bonchev–Trinajstić information content (AvgIpc) is 3.31.